The molecule has 1 atom stereocenters. The van der Waals surface area contributed by atoms with Crippen LogP contribution in [0, 0.1) is 5.92 Å². The van der Waals surface area contributed by atoms with Gasteiger partial charge in [0.2, 0.25) is 0 Å². The zero-order valence-corrected chi connectivity index (χ0v) is 9.70. The molecule has 14 heavy (non-hydrogen) atoms. The predicted octanol–water partition coefficient (Wildman–Crippen LogP) is 3.03. The standard InChI is InChI=1S/C11H15BrN2/c12-9-6-3-7-14-11(9)10(13)8-4-1-2-5-8/h3,6-8,10H,1-2,4-5,13H2. The van der Waals surface area contributed by atoms with Crippen LogP contribution in [0.2, 0.25) is 0 Å². The van der Waals surface area contributed by atoms with E-state index in [-0.39, 0.29) is 6.04 Å². The fourth-order valence-corrected chi connectivity index (χ4v) is 2.70. The molecule has 76 valence electrons. The molecule has 1 heterocycles. The second-order valence-corrected chi connectivity index (χ2v) is 4.80. The van der Waals surface area contributed by atoms with Gasteiger partial charge in [0.1, 0.15) is 0 Å². The summed E-state index contributed by atoms with van der Waals surface area (Å²) in [6.45, 7) is 0. The van der Waals surface area contributed by atoms with Crippen LogP contribution in [0.5, 0.6) is 0 Å². The third-order valence-electron chi connectivity index (χ3n) is 3.01. The summed E-state index contributed by atoms with van der Waals surface area (Å²) < 4.78 is 1.04. The molecule has 2 rings (SSSR count). The highest BCUT2D eigenvalue weighted by Gasteiger charge is 2.25. The van der Waals surface area contributed by atoms with E-state index in [9.17, 15) is 0 Å². The summed E-state index contributed by atoms with van der Waals surface area (Å²) in [5.41, 5.74) is 7.22. The molecular weight excluding hydrogens is 240 g/mol. The minimum absolute atomic E-state index is 0.105. The number of nitrogens with two attached hydrogens (primary N) is 1. The molecule has 0 amide bonds. The largest absolute Gasteiger partial charge is 0.322 e. The Kier molecular flexibility index (Phi) is 3.19. The Morgan fingerprint density at radius 1 is 1.43 bits per heavy atom. The minimum Gasteiger partial charge on any atom is -0.322 e. The number of aromatic nitrogens is 1. The van der Waals surface area contributed by atoms with Crippen molar-refractivity contribution in [3.8, 4) is 0 Å². The van der Waals surface area contributed by atoms with Crippen LogP contribution in [-0.2, 0) is 0 Å². The van der Waals surface area contributed by atoms with Gasteiger partial charge in [0.25, 0.3) is 0 Å². The maximum atomic E-state index is 6.21. The highest BCUT2D eigenvalue weighted by molar-refractivity contribution is 9.10. The molecule has 1 aliphatic rings. The lowest BCUT2D eigenvalue weighted by atomic mass is 9.96. The lowest BCUT2D eigenvalue weighted by Crippen LogP contribution is -2.20. The van der Waals surface area contributed by atoms with Crippen LogP contribution in [-0.4, -0.2) is 4.98 Å². The predicted molar refractivity (Wildman–Crippen MR) is 60.8 cm³/mol. The van der Waals surface area contributed by atoms with Crippen LogP contribution in [0.4, 0.5) is 0 Å². The molecule has 0 saturated heterocycles. The molecule has 0 radical (unpaired) electrons. The van der Waals surface area contributed by atoms with Gasteiger partial charge < -0.3 is 5.73 Å². The monoisotopic (exact) mass is 254 g/mol. The lowest BCUT2D eigenvalue weighted by molar-refractivity contribution is 0.435. The zero-order valence-electron chi connectivity index (χ0n) is 8.12. The van der Waals surface area contributed by atoms with Crippen LogP contribution in [0.1, 0.15) is 37.4 Å². The summed E-state index contributed by atoms with van der Waals surface area (Å²) in [6.07, 6.45) is 6.97. The van der Waals surface area contributed by atoms with Gasteiger partial charge >= 0.3 is 0 Å². The van der Waals surface area contributed by atoms with E-state index >= 15 is 0 Å². The fraction of sp³-hybridized carbons (Fsp3) is 0.545. The molecule has 1 aliphatic carbocycles. The van der Waals surface area contributed by atoms with Crippen molar-refractivity contribution in [2.45, 2.75) is 31.7 Å². The number of pyridine rings is 1. The SMILES string of the molecule is NC(c1ncccc1Br)C1CCCC1. The van der Waals surface area contributed by atoms with Crippen molar-refractivity contribution in [2.75, 3.05) is 0 Å². The molecule has 3 heteroatoms. The van der Waals surface area contributed by atoms with E-state index in [0.29, 0.717) is 5.92 Å². The van der Waals surface area contributed by atoms with Gasteiger partial charge in [0.05, 0.1) is 11.7 Å². The van der Waals surface area contributed by atoms with Gasteiger partial charge in [-0.05, 0) is 46.8 Å². The van der Waals surface area contributed by atoms with Crippen LogP contribution in [0.15, 0.2) is 22.8 Å². The van der Waals surface area contributed by atoms with Crippen molar-refractivity contribution in [1.29, 1.82) is 0 Å². The smallest absolute Gasteiger partial charge is 0.0715 e. The zero-order chi connectivity index (χ0) is 9.97. The Balaban J connectivity index is 2.17. The number of nitrogens with zero attached hydrogens (tertiary/aromatic N) is 1. The first-order chi connectivity index (χ1) is 6.79. The molecule has 0 bridgehead atoms. The molecule has 0 aliphatic heterocycles. The number of hydrogen-bond donors (Lipinski definition) is 1. The van der Waals surface area contributed by atoms with Crippen LogP contribution in [0.3, 0.4) is 0 Å². The third-order valence-corrected chi connectivity index (χ3v) is 3.68. The molecule has 1 aromatic rings. The average molecular weight is 255 g/mol. The Morgan fingerprint density at radius 3 is 2.79 bits per heavy atom. The molecule has 0 spiro atoms. The van der Waals surface area contributed by atoms with E-state index in [1.165, 1.54) is 25.7 Å². The molecule has 1 aromatic heterocycles. The highest BCUT2D eigenvalue weighted by atomic mass is 79.9. The molecule has 2 nitrogen and oxygen atoms in total. The van der Waals surface area contributed by atoms with Crippen LogP contribution >= 0.6 is 15.9 Å². The number of halogens is 1. The topological polar surface area (TPSA) is 38.9 Å². The van der Waals surface area contributed by atoms with Crippen molar-refractivity contribution in [2.24, 2.45) is 11.7 Å². The first-order valence-corrected chi connectivity index (χ1v) is 5.94. The van der Waals surface area contributed by atoms with Gasteiger partial charge in [0.15, 0.2) is 0 Å². The maximum Gasteiger partial charge on any atom is 0.0715 e. The Morgan fingerprint density at radius 2 is 2.14 bits per heavy atom. The van der Waals surface area contributed by atoms with Crippen molar-refractivity contribution >= 4 is 15.9 Å². The van der Waals surface area contributed by atoms with Crippen LogP contribution in [0.25, 0.3) is 0 Å². The van der Waals surface area contributed by atoms with E-state index in [4.69, 9.17) is 5.73 Å². The maximum absolute atomic E-state index is 6.21. The van der Waals surface area contributed by atoms with Gasteiger partial charge in [-0.15, -0.1) is 0 Å². The van der Waals surface area contributed by atoms with Gasteiger partial charge in [-0.3, -0.25) is 4.98 Å². The normalized spacial score (nSPS) is 19.9. The van der Waals surface area contributed by atoms with Gasteiger partial charge in [-0.25, -0.2) is 0 Å². The second-order valence-electron chi connectivity index (χ2n) is 3.94. The minimum atomic E-state index is 0.105. The molecule has 1 saturated carbocycles. The molecular formula is C11H15BrN2. The summed E-state index contributed by atoms with van der Waals surface area (Å²) in [4.78, 5) is 4.35. The Labute approximate surface area is 93.0 Å². The van der Waals surface area contributed by atoms with Crippen molar-refractivity contribution in [3.63, 3.8) is 0 Å². The van der Waals surface area contributed by atoms with E-state index in [1.807, 2.05) is 18.3 Å². The molecule has 1 unspecified atom stereocenters. The van der Waals surface area contributed by atoms with Gasteiger partial charge in [-0.2, -0.15) is 0 Å². The third kappa shape index (κ3) is 1.98. The number of hydrogen-bond acceptors (Lipinski definition) is 2. The van der Waals surface area contributed by atoms with Gasteiger partial charge in [-0.1, -0.05) is 12.8 Å². The van der Waals surface area contributed by atoms with Crippen LogP contribution < -0.4 is 5.73 Å². The molecule has 0 aromatic carbocycles. The lowest BCUT2D eigenvalue weighted by Gasteiger charge is -2.18. The Hall–Kier alpha value is -0.410. The summed E-state index contributed by atoms with van der Waals surface area (Å²) in [6, 6.07) is 4.04. The first-order valence-electron chi connectivity index (χ1n) is 5.15. The van der Waals surface area contributed by atoms with E-state index in [2.05, 4.69) is 20.9 Å². The van der Waals surface area contributed by atoms with Gasteiger partial charge in [0, 0.05) is 10.7 Å². The molecule has 2 N–H and O–H groups in total. The highest BCUT2D eigenvalue weighted by Crippen LogP contribution is 2.35. The van der Waals surface area contributed by atoms with E-state index in [0.717, 1.165) is 10.2 Å². The average Bonchev–Trinajstić information content (AvgIpc) is 2.70. The molecule has 1 fully saturated rings. The summed E-state index contributed by atoms with van der Waals surface area (Å²) in [5.74, 6) is 0.626. The summed E-state index contributed by atoms with van der Waals surface area (Å²) in [5, 5.41) is 0. The number of rotatable bonds is 2. The fourth-order valence-electron chi connectivity index (χ4n) is 2.18. The van der Waals surface area contributed by atoms with E-state index < -0.39 is 0 Å². The van der Waals surface area contributed by atoms with Crippen molar-refractivity contribution in [1.82, 2.24) is 4.98 Å². The first kappa shape index (κ1) is 10.1. The summed E-state index contributed by atoms with van der Waals surface area (Å²) in [7, 11) is 0. The second kappa shape index (κ2) is 4.41. The van der Waals surface area contributed by atoms with Crippen molar-refractivity contribution < 1.29 is 0 Å². The van der Waals surface area contributed by atoms with Crippen molar-refractivity contribution in [3.05, 3.63) is 28.5 Å². The van der Waals surface area contributed by atoms with E-state index in [1.54, 1.807) is 0 Å². The summed E-state index contributed by atoms with van der Waals surface area (Å²) >= 11 is 3.50. The Bertz CT molecular complexity index is 308. The quantitative estimate of drug-likeness (QED) is 0.882.